The van der Waals surface area contributed by atoms with Crippen molar-refractivity contribution >= 4 is 18.4 Å². The van der Waals surface area contributed by atoms with Gasteiger partial charge >= 0.3 is 10.1 Å². The largest absolute Gasteiger partial charge is 0.322 e. The summed E-state index contributed by atoms with van der Waals surface area (Å²) < 4.78 is 36.0. The molecule has 6 heteroatoms. The highest BCUT2D eigenvalue weighted by Crippen LogP contribution is 2.37. The molecule has 1 aromatic carbocycles. The lowest BCUT2D eigenvalue weighted by molar-refractivity contribution is -0.109. The van der Waals surface area contributed by atoms with Crippen LogP contribution in [0.1, 0.15) is 64.5 Å². The van der Waals surface area contributed by atoms with Crippen LogP contribution in [-0.4, -0.2) is 16.7 Å². The van der Waals surface area contributed by atoms with E-state index in [4.69, 9.17) is 8.91 Å². The zero-order chi connectivity index (χ0) is 20.7. The minimum atomic E-state index is -4.01. The zero-order valence-corrected chi connectivity index (χ0v) is 19.6. The van der Waals surface area contributed by atoms with Crippen LogP contribution in [0.15, 0.2) is 23.1 Å². The van der Waals surface area contributed by atoms with Crippen LogP contribution in [0, 0.1) is 18.8 Å². The van der Waals surface area contributed by atoms with Crippen LogP contribution in [-0.2, 0) is 25.4 Å². The van der Waals surface area contributed by atoms with E-state index in [9.17, 15) is 8.42 Å². The van der Waals surface area contributed by atoms with Gasteiger partial charge in [0.05, 0.1) is 0 Å². The summed E-state index contributed by atoms with van der Waals surface area (Å²) in [5.74, 6) is 6.23. The van der Waals surface area contributed by atoms with E-state index in [2.05, 4.69) is 18.8 Å². The number of hydrogen-bond acceptors (Lipinski definition) is 4. The van der Waals surface area contributed by atoms with Crippen LogP contribution >= 0.6 is 0 Å². The minimum Gasteiger partial charge on any atom is -0.270 e. The van der Waals surface area contributed by atoms with Gasteiger partial charge in [-0.2, -0.15) is 8.42 Å². The van der Waals surface area contributed by atoms with Crippen molar-refractivity contribution < 1.29 is 17.3 Å². The van der Waals surface area contributed by atoms with Gasteiger partial charge in [-0.3, -0.25) is 4.58 Å². The standard InChI is InChI=1S/C21H34O4SSi/c1-8-9-10-11-12-13-14-19-17-18(2)15-16-20(19)26(22,23)24-25-27(6,7)21(3,4)5/h15-17H,8-11,14H2,1-7H3. The fourth-order valence-electron chi connectivity index (χ4n) is 2.09. The molecule has 0 aliphatic heterocycles. The molecule has 4 nitrogen and oxygen atoms in total. The predicted octanol–water partition coefficient (Wildman–Crippen LogP) is 5.76. The molecule has 0 fully saturated rings. The topological polar surface area (TPSA) is 52.6 Å². The second-order valence-corrected chi connectivity index (χ2v) is 14.6. The molecule has 0 saturated carbocycles. The molecule has 0 heterocycles. The summed E-state index contributed by atoms with van der Waals surface area (Å²) in [6.07, 6.45) is 4.62. The van der Waals surface area contributed by atoms with E-state index in [1.807, 2.05) is 46.9 Å². The van der Waals surface area contributed by atoms with E-state index in [-0.39, 0.29) is 9.93 Å². The van der Waals surface area contributed by atoms with Crippen molar-refractivity contribution in [3.63, 3.8) is 0 Å². The Bertz CT molecular complexity index is 781. The summed E-state index contributed by atoms with van der Waals surface area (Å²) >= 11 is 0. The molecule has 0 bridgehead atoms. The highest BCUT2D eigenvalue weighted by Gasteiger charge is 2.40. The summed E-state index contributed by atoms with van der Waals surface area (Å²) in [5, 5.41) is -0.150. The zero-order valence-electron chi connectivity index (χ0n) is 17.8. The number of aryl methyl sites for hydroxylation is 1. The Morgan fingerprint density at radius 2 is 1.78 bits per heavy atom. The van der Waals surface area contributed by atoms with Gasteiger partial charge in [-0.05, 0) is 43.1 Å². The van der Waals surface area contributed by atoms with Crippen molar-refractivity contribution in [2.45, 2.75) is 89.8 Å². The first-order valence-electron chi connectivity index (χ1n) is 9.58. The van der Waals surface area contributed by atoms with Crippen LogP contribution in [0.3, 0.4) is 0 Å². The van der Waals surface area contributed by atoms with E-state index >= 15 is 0 Å². The van der Waals surface area contributed by atoms with E-state index < -0.39 is 18.4 Å². The lowest BCUT2D eigenvalue weighted by Gasteiger charge is -2.33. The fourth-order valence-corrected chi connectivity index (χ4v) is 4.14. The lowest BCUT2D eigenvalue weighted by Crippen LogP contribution is -2.41. The monoisotopic (exact) mass is 410 g/mol. The summed E-state index contributed by atoms with van der Waals surface area (Å²) in [6.45, 7) is 14.1. The van der Waals surface area contributed by atoms with Gasteiger partial charge in [-0.25, -0.2) is 0 Å². The van der Waals surface area contributed by atoms with Crippen LogP contribution in [0.2, 0.25) is 18.1 Å². The number of benzene rings is 1. The summed E-state index contributed by atoms with van der Waals surface area (Å²) in [6, 6.07) is 5.19. The first kappa shape index (κ1) is 23.9. The maximum Gasteiger partial charge on any atom is 0.322 e. The Hall–Kier alpha value is -1.13. The van der Waals surface area contributed by atoms with Gasteiger partial charge in [0.2, 0.25) is 8.32 Å². The molecule has 0 amide bonds. The number of unbranched alkanes of at least 4 members (excludes halogenated alkanes) is 3. The Morgan fingerprint density at radius 1 is 1.11 bits per heavy atom. The van der Waals surface area contributed by atoms with Gasteiger partial charge < -0.3 is 0 Å². The molecule has 0 spiro atoms. The van der Waals surface area contributed by atoms with Gasteiger partial charge in [-0.15, -0.1) is 10.3 Å². The third-order valence-electron chi connectivity index (χ3n) is 4.93. The average molecular weight is 411 g/mol. The van der Waals surface area contributed by atoms with E-state index in [0.717, 1.165) is 31.2 Å². The predicted molar refractivity (Wildman–Crippen MR) is 113 cm³/mol. The quantitative estimate of drug-likeness (QED) is 0.180. The number of hydrogen-bond donors (Lipinski definition) is 0. The molecule has 0 aromatic heterocycles. The molecular weight excluding hydrogens is 376 g/mol. The van der Waals surface area contributed by atoms with Crippen molar-refractivity contribution in [1.29, 1.82) is 0 Å². The molecule has 0 unspecified atom stereocenters. The van der Waals surface area contributed by atoms with Crippen molar-refractivity contribution in [3.8, 4) is 11.8 Å². The first-order chi connectivity index (χ1) is 12.4. The third-order valence-corrected chi connectivity index (χ3v) is 10.3. The fraction of sp³-hybridized carbons (Fsp3) is 0.619. The maximum absolute atomic E-state index is 12.7. The van der Waals surface area contributed by atoms with Gasteiger partial charge in [0.15, 0.2) is 0 Å². The minimum absolute atomic E-state index is 0.134. The highest BCUT2D eigenvalue weighted by molar-refractivity contribution is 7.86. The molecular formula is C21H34O4SSi. The van der Waals surface area contributed by atoms with Crippen molar-refractivity contribution in [2.75, 3.05) is 0 Å². The molecule has 0 aliphatic rings. The summed E-state index contributed by atoms with van der Waals surface area (Å²) in [7, 11) is -6.36. The second kappa shape index (κ2) is 9.88. The molecule has 0 saturated heterocycles. The maximum atomic E-state index is 12.7. The Morgan fingerprint density at radius 3 is 2.37 bits per heavy atom. The SMILES string of the molecule is CCCCCC#CCc1cc(C)ccc1S(=O)(=O)OO[Si](C)(C)C(C)(C)C. The second-order valence-electron chi connectivity index (χ2n) is 8.46. The third kappa shape index (κ3) is 7.42. The van der Waals surface area contributed by atoms with E-state index in [0.29, 0.717) is 12.0 Å². The molecule has 0 atom stereocenters. The summed E-state index contributed by atoms with van der Waals surface area (Å²) in [4.78, 5) is 0.134. The van der Waals surface area contributed by atoms with Gasteiger partial charge in [-0.1, -0.05) is 64.2 Å². The van der Waals surface area contributed by atoms with Crippen molar-refractivity contribution in [3.05, 3.63) is 29.3 Å². The molecule has 152 valence electrons. The highest BCUT2D eigenvalue weighted by atomic mass is 32.2. The van der Waals surface area contributed by atoms with Crippen molar-refractivity contribution in [2.24, 2.45) is 0 Å². The van der Waals surface area contributed by atoms with Crippen molar-refractivity contribution in [1.82, 2.24) is 0 Å². The molecule has 0 aliphatic carbocycles. The smallest absolute Gasteiger partial charge is 0.270 e. The van der Waals surface area contributed by atoms with E-state index in [1.165, 1.54) is 0 Å². The van der Waals surface area contributed by atoms with Crippen LogP contribution in [0.4, 0.5) is 0 Å². The first-order valence-corrected chi connectivity index (χ1v) is 13.9. The Kier molecular flexibility index (Phi) is 8.75. The Balaban J connectivity index is 2.97. The molecule has 1 rings (SSSR count). The van der Waals surface area contributed by atoms with Gasteiger partial charge in [0.25, 0.3) is 0 Å². The summed E-state index contributed by atoms with van der Waals surface area (Å²) in [5.41, 5.74) is 1.64. The normalized spacial score (nSPS) is 12.6. The lowest BCUT2D eigenvalue weighted by atomic mass is 10.1. The van der Waals surface area contributed by atoms with Crippen LogP contribution < -0.4 is 0 Å². The van der Waals surface area contributed by atoms with E-state index in [1.54, 1.807) is 12.1 Å². The number of rotatable bonds is 8. The molecule has 1 aromatic rings. The molecule has 0 radical (unpaired) electrons. The van der Waals surface area contributed by atoms with Crippen LogP contribution in [0.5, 0.6) is 0 Å². The van der Waals surface area contributed by atoms with Gasteiger partial charge in [0, 0.05) is 12.8 Å². The Labute approximate surface area is 166 Å². The van der Waals surface area contributed by atoms with Gasteiger partial charge in [0.1, 0.15) is 4.90 Å². The molecule has 0 N–H and O–H groups in total. The average Bonchev–Trinajstić information content (AvgIpc) is 2.55. The van der Waals surface area contributed by atoms with Crippen LogP contribution in [0.25, 0.3) is 0 Å². The molecule has 27 heavy (non-hydrogen) atoms.